The second kappa shape index (κ2) is 15.6. The van der Waals surface area contributed by atoms with Crippen LogP contribution in [0.25, 0.3) is 28.0 Å². The maximum Gasteiger partial charge on any atom is 0.410 e. The van der Waals surface area contributed by atoms with E-state index in [1.54, 1.807) is 56.9 Å². The number of aliphatic imine (C=N–C) groups is 1. The van der Waals surface area contributed by atoms with Crippen molar-refractivity contribution in [1.82, 2.24) is 19.4 Å². The van der Waals surface area contributed by atoms with Gasteiger partial charge in [-0.3, -0.25) is 4.99 Å². The van der Waals surface area contributed by atoms with E-state index >= 15 is 8.78 Å². The normalized spacial score (nSPS) is 16.4. The van der Waals surface area contributed by atoms with Crippen molar-refractivity contribution in [2.24, 2.45) is 10.9 Å². The number of hydrogen-bond acceptors (Lipinski definition) is 8. The predicted octanol–water partition coefficient (Wildman–Crippen LogP) is 7.79. The molecule has 0 radical (unpaired) electrons. The van der Waals surface area contributed by atoms with E-state index in [1.165, 1.54) is 29.0 Å². The van der Waals surface area contributed by atoms with Crippen molar-refractivity contribution in [3.05, 3.63) is 89.5 Å². The number of ether oxygens (including phenoxy) is 2. The molecule has 1 saturated heterocycles. The number of anilines is 1. The summed E-state index contributed by atoms with van der Waals surface area (Å²) in [7, 11) is 0. The maximum absolute atomic E-state index is 16.4. The second-order valence-electron chi connectivity index (χ2n) is 13.5. The zero-order chi connectivity index (χ0) is 36.9. The van der Waals surface area contributed by atoms with Gasteiger partial charge in [-0.2, -0.15) is 4.98 Å². The largest absolute Gasteiger partial charge is 0.490 e. The summed E-state index contributed by atoms with van der Waals surface area (Å²) in [5.41, 5.74) is -0.833. The van der Waals surface area contributed by atoms with Crippen molar-refractivity contribution in [2.45, 2.75) is 72.6 Å². The first-order valence-electron chi connectivity index (χ1n) is 16.5. The molecule has 10 nitrogen and oxygen atoms in total. The van der Waals surface area contributed by atoms with Gasteiger partial charge in [-0.15, -0.1) is 6.58 Å². The topological polar surface area (TPSA) is 102 Å². The van der Waals surface area contributed by atoms with E-state index in [9.17, 15) is 9.59 Å². The van der Waals surface area contributed by atoms with Gasteiger partial charge < -0.3 is 19.3 Å². The highest BCUT2D eigenvalue weighted by Crippen LogP contribution is 2.38. The standard InChI is InChI=1S/C38H46F2N6O4/c1-11-14-25(6)49-30-16-13-15-28(39)31(30)32-29(40)21-27-34(45-20-19-44(22-24(45)5)37(48)50-38(7,8)9)43-36(47)46(35(27)42-32)33(23(3)4)26(12-2)17-18-41-10/h11-13,15-18,21,23-25H,1-2,10,14,19-20,22H2,3-9H3/b18-17-,33-26+/t24-,25?/m0/s1. The number of aromatic nitrogens is 3. The minimum absolute atomic E-state index is 0.0505. The fraction of sp³-hybridized carbons (Fsp3) is 0.395. The van der Waals surface area contributed by atoms with Gasteiger partial charge in [0.1, 0.15) is 28.7 Å². The zero-order valence-electron chi connectivity index (χ0n) is 29.9. The second-order valence-corrected chi connectivity index (χ2v) is 13.5. The number of benzene rings is 1. The molecule has 266 valence electrons. The first kappa shape index (κ1) is 37.7. The van der Waals surface area contributed by atoms with Crippen LogP contribution in [-0.2, 0) is 4.74 Å². The lowest BCUT2D eigenvalue weighted by Crippen LogP contribution is -2.55. The summed E-state index contributed by atoms with van der Waals surface area (Å²) < 4.78 is 45.0. The molecule has 1 aromatic carbocycles. The highest BCUT2D eigenvalue weighted by molar-refractivity contribution is 5.92. The number of halogens is 2. The van der Waals surface area contributed by atoms with Crippen LogP contribution in [0.15, 0.2) is 77.2 Å². The van der Waals surface area contributed by atoms with Crippen molar-refractivity contribution in [2.75, 3.05) is 24.5 Å². The molecule has 1 fully saturated rings. The number of nitrogens with zero attached hydrogens (tertiary/aromatic N) is 6. The van der Waals surface area contributed by atoms with Gasteiger partial charge in [-0.25, -0.2) is 27.9 Å². The third kappa shape index (κ3) is 8.18. The van der Waals surface area contributed by atoms with Gasteiger partial charge in [0.05, 0.1) is 17.1 Å². The van der Waals surface area contributed by atoms with Crippen molar-refractivity contribution < 1.29 is 23.0 Å². The Morgan fingerprint density at radius 2 is 1.86 bits per heavy atom. The molecule has 12 heteroatoms. The van der Waals surface area contributed by atoms with E-state index in [0.29, 0.717) is 17.7 Å². The van der Waals surface area contributed by atoms with Gasteiger partial charge in [-0.1, -0.05) is 38.6 Å². The van der Waals surface area contributed by atoms with Gasteiger partial charge in [0.15, 0.2) is 11.5 Å². The summed E-state index contributed by atoms with van der Waals surface area (Å²) in [6, 6.07) is 5.10. The van der Waals surface area contributed by atoms with Crippen LogP contribution < -0.4 is 15.3 Å². The lowest BCUT2D eigenvalue weighted by atomic mass is 10.0. The molecule has 3 aromatic rings. The molecule has 50 heavy (non-hydrogen) atoms. The van der Waals surface area contributed by atoms with Crippen LogP contribution in [0.4, 0.5) is 19.4 Å². The zero-order valence-corrected chi connectivity index (χ0v) is 29.9. The smallest absolute Gasteiger partial charge is 0.410 e. The fourth-order valence-corrected chi connectivity index (χ4v) is 5.93. The Kier molecular flexibility index (Phi) is 11.8. The molecule has 4 rings (SSSR count). The first-order chi connectivity index (χ1) is 23.6. The van der Waals surface area contributed by atoms with Crippen molar-refractivity contribution in [3.8, 4) is 17.0 Å². The van der Waals surface area contributed by atoms with Gasteiger partial charge >= 0.3 is 11.8 Å². The number of rotatable bonds is 11. The third-order valence-electron chi connectivity index (χ3n) is 8.05. The van der Waals surface area contributed by atoms with Crippen molar-refractivity contribution in [3.63, 3.8) is 0 Å². The molecule has 1 amide bonds. The summed E-state index contributed by atoms with van der Waals surface area (Å²) in [6.07, 6.45) is 5.98. The highest BCUT2D eigenvalue weighted by Gasteiger charge is 2.33. The van der Waals surface area contributed by atoms with Crippen LogP contribution in [0.1, 0.15) is 54.9 Å². The fourth-order valence-electron chi connectivity index (χ4n) is 5.93. The minimum Gasteiger partial charge on any atom is -0.490 e. The molecule has 2 aromatic heterocycles. The van der Waals surface area contributed by atoms with Crippen LogP contribution in [0, 0.1) is 17.6 Å². The number of allylic oxidation sites excluding steroid dienone is 4. The molecule has 0 saturated carbocycles. The maximum atomic E-state index is 16.4. The number of hydrogen-bond donors (Lipinski definition) is 0. The van der Waals surface area contributed by atoms with E-state index in [-0.39, 0.29) is 71.6 Å². The van der Waals surface area contributed by atoms with Crippen LogP contribution in [0.5, 0.6) is 5.75 Å². The summed E-state index contributed by atoms with van der Waals surface area (Å²) in [6.45, 7) is 24.8. The molecule has 0 spiro atoms. The van der Waals surface area contributed by atoms with Gasteiger partial charge in [0.2, 0.25) is 0 Å². The monoisotopic (exact) mass is 688 g/mol. The molecule has 0 aliphatic carbocycles. The highest BCUT2D eigenvalue weighted by atomic mass is 19.1. The van der Waals surface area contributed by atoms with Crippen LogP contribution in [0.3, 0.4) is 0 Å². The SMILES string of the molecule is C=CCC(C)Oc1cccc(F)c1-c1nc2c(cc1F)c(N1CCN(C(=O)OC(C)(C)C)C[C@@H]1C)nc(=O)n2/C(=C(C=C)/C=C\N=C)C(C)C. The molecular formula is C38H46F2N6O4. The number of amides is 1. The Balaban J connectivity index is 2.03. The average Bonchev–Trinajstić information content (AvgIpc) is 3.03. The summed E-state index contributed by atoms with van der Waals surface area (Å²) in [5, 5.41) is 0.217. The summed E-state index contributed by atoms with van der Waals surface area (Å²) in [4.78, 5) is 43.6. The Bertz CT molecular complexity index is 1910. The third-order valence-corrected chi connectivity index (χ3v) is 8.05. The molecule has 0 bridgehead atoms. The number of fused-ring (bicyclic) bond motifs is 1. The lowest BCUT2D eigenvalue weighted by Gasteiger charge is -2.41. The van der Waals surface area contributed by atoms with Crippen LogP contribution >= 0.6 is 0 Å². The Morgan fingerprint density at radius 3 is 2.46 bits per heavy atom. The van der Waals surface area contributed by atoms with Crippen molar-refractivity contribution >= 4 is 35.4 Å². The van der Waals surface area contributed by atoms with Crippen LogP contribution in [-0.4, -0.2) is 69.6 Å². The molecule has 2 atom stereocenters. The molecule has 0 N–H and O–H groups in total. The summed E-state index contributed by atoms with van der Waals surface area (Å²) in [5.74, 6) is -1.60. The summed E-state index contributed by atoms with van der Waals surface area (Å²) >= 11 is 0. The van der Waals surface area contributed by atoms with E-state index in [1.807, 2.05) is 25.7 Å². The molecule has 3 heterocycles. The van der Waals surface area contributed by atoms with E-state index < -0.39 is 29.0 Å². The Morgan fingerprint density at radius 1 is 1.14 bits per heavy atom. The Labute approximate surface area is 292 Å². The molecule has 1 aliphatic rings. The Hall–Kier alpha value is -5.13. The van der Waals surface area contributed by atoms with Crippen molar-refractivity contribution in [1.29, 1.82) is 0 Å². The van der Waals surface area contributed by atoms with E-state index in [4.69, 9.17) is 14.5 Å². The first-order valence-corrected chi connectivity index (χ1v) is 16.5. The number of carbonyl (C=O) groups is 1. The van der Waals surface area contributed by atoms with E-state index in [2.05, 4.69) is 29.9 Å². The number of piperazine rings is 1. The predicted molar refractivity (Wildman–Crippen MR) is 196 cm³/mol. The molecular weight excluding hydrogens is 642 g/mol. The lowest BCUT2D eigenvalue weighted by molar-refractivity contribution is 0.0218. The van der Waals surface area contributed by atoms with Crippen LogP contribution in [0.2, 0.25) is 0 Å². The van der Waals surface area contributed by atoms with Gasteiger partial charge in [0.25, 0.3) is 0 Å². The number of pyridine rings is 1. The molecule has 1 unspecified atom stereocenters. The quantitative estimate of drug-likeness (QED) is 0.115. The van der Waals surface area contributed by atoms with Gasteiger partial charge in [-0.05, 0) is 77.1 Å². The number of carbonyl (C=O) groups excluding carboxylic acids is 1. The van der Waals surface area contributed by atoms with E-state index in [0.717, 1.165) is 0 Å². The molecule has 1 aliphatic heterocycles. The van der Waals surface area contributed by atoms with Gasteiger partial charge in [0, 0.05) is 44.0 Å². The average molecular weight is 689 g/mol. The minimum atomic E-state index is -0.841.